The van der Waals surface area contributed by atoms with Crippen LogP contribution in [0.1, 0.15) is 35.7 Å². The van der Waals surface area contributed by atoms with E-state index in [0.717, 1.165) is 38.7 Å². The normalized spacial score (nSPS) is 11.3. The number of ether oxygens (including phenoxy) is 1. The minimum absolute atomic E-state index is 0.0609. The smallest absolute Gasteiger partial charge is 0.267 e. The van der Waals surface area contributed by atoms with Crippen molar-refractivity contribution in [2.75, 3.05) is 6.61 Å². The van der Waals surface area contributed by atoms with E-state index in [1.165, 1.54) is 17.3 Å². The largest absolute Gasteiger partial charge is 0.494 e. The van der Waals surface area contributed by atoms with Gasteiger partial charge in [0.25, 0.3) is 5.56 Å². The molecule has 0 atom stereocenters. The van der Waals surface area contributed by atoms with Crippen molar-refractivity contribution < 1.29 is 9.26 Å². The quantitative estimate of drug-likeness (QED) is 0.174. The number of hydrogen-bond acceptors (Lipinski definition) is 8. The molecule has 0 saturated carbocycles. The molecule has 0 saturated heterocycles. The zero-order chi connectivity index (χ0) is 25.2. The van der Waals surface area contributed by atoms with Gasteiger partial charge in [-0.25, -0.2) is 4.98 Å². The molecule has 0 unspecified atom stereocenters. The van der Waals surface area contributed by atoms with Crippen molar-refractivity contribution in [3.63, 3.8) is 0 Å². The topological polar surface area (TPSA) is 83.0 Å². The van der Waals surface area contributed by atoms with E-state index >= 15 is 0 Å². The van der Waals surface area contributed by atoms with Crippen LogP contribution in [-0.4, -0.2) is 26.3 Å². The van der Waals surface area contributed by atoms with Crippen LogP contribution in [0.2, 0.25) is 0 Å². The van der Waals surface area contributed by atoms with Crippen LogP contribution in [0.5, 0.6) is 5.75 Å². The zero-order valence-corrected chi connectivity index (χ0v) is 22.2. The highest BCUT2D eigenvalue weighted by Gasteiger charge is 2.19. The fraction of sp³-hybridized carbons (Fsp3) is 0.259. The Kier molecular flexibility index (Phi) is 6.93. The average molecular weight is 519 g/mol. The Bertz CT molecular complexity index is 1570. The highest BCUT2D eigenvalue weighted by molar-refractivity contribution is 7.98. The molecule has 3 heterocycles. The van der Waals surface area contributed by atoms with Crippen molar-refractivity contribution in [3.05, 3.63) is 80.8 Å². The molecule has 0 radical (unpaired) electrons. The van der Waals surface area contributed by atoms with E-state index in [2.05, 4.69) is 17.1 Å². The molecule has 184 valence electrons. The Labute approximate surface area is 217 Å². The van der Waals surface area contributed by atoms with Crippen LogP contribution < -0.4 is 10.3 Å². The monoisotopic (exact) mass is 518 g/mol. The van der Waals surface area contributed by atoms with E-state index < -0.39 is 0 Å². The first kappa shape index (κ1) is 24.3. The molecule has 0 N–H and O–H groups in total. The number of hydrogen-bond donors (Lipinski definition) is 0. The molecule has 9 heteroatoms. The van der Waals surface area contributed by atoms with E-state index in [-0.39, 0.29) is 5.56 Å². The van der Waals surface area contributed by atoms with Crippen LogP contribution in [-0.2, 0) is 12.2 Å². The molecule has 0 fully saturated rings. The van der Waals surface area contributed by atoms with Crippen LogP contribution in [0.15, 0.2) is 63.0 Å². The van der Waals surface area contributed by atoms with E-state index in [1.54, 1.807) is 15.9 Å². The number of rotatable bonds is 8. The predicted molar refractivity (Wildman–Crippen MR) is 145 cm³/mol. The third-order valence-corrected chi connectivity index (χ3v) is 8.02. The molecule has 5 rings (SSSR count). The van der Waals surface area contributed by atoms with Crippen molar-refractivity contribution >= 4 is 33.3 Å². The Morgan fingerprint density at radius 1 is 1.03 bits per heavy atom. The van der Waals surface area contributed by atoms with Gasteiger partial charge >= 0.3 is 0 Å². The number of thioether (sulfide) groups is 1. The molecule has 36 heavy (non-hydrogen) atoms. The van der Waals surface area contributed by atoms with E-state index in [0.29, 0.717) is 34.6 Å². The van der Waals surface area contributed by atoms with Crippen LogP contribution in [0.4, 0.5) is 0 Å². The summed E-state index contributed by atoms with van der Waals surface area (Å²) in [5.74, 6) is 2.16. The summed E-state index contributed by atoms with van der Waals surface area (Å²) in [6.45, 7) is 8.68. The summed E-state index contributed by atoms with van der Waals surface area (Å²) in [5, 5.41) is 5.40. The Balaban J connectivity index is 1.47. The molecule has 3 aromatic heterocycles. The highest BCUT2D eigenvalue weighted by Crippen LogP contribution is 2.31. The molecular weight excluding hydrogens is 492 g/mol. The van der Waals surface area contributed by atoms with Gasteiger partial charge in [-0.05, 0) is 74.7 Å². The standard InChI is InChI=1S/C27H26N4O3S2/c1-5-18-7-11-20(12-8-18)31-26(32)23-16(3)17(4)36-25(23)29-27(31)35-15-22-28-24(30-34-22)19-9-13-21(14-10-19)33-6-2/h7-14H,5-6,15H2,1-4H3. The molecule has 0 bridgehead atoms. The van der Waals surface area contributed by atoms with Gasteiger partial charge in [-0.2, -0.15) is 4.98 Å². The van der Waals surface area contributed by atoms with Crippen molar-refractivity contribution in [2.45, 2.75) is 45.0 Å². The first-order valence-corrected chi connectivity index (χ1v) is 13.6. The van der Waals surface area contributed by atoms with Gasteiger partial charge in [-0.3, -0.25) is 9.36 Å². The molecule has 2 aromatic carbocycles. The Morgan fingerprint density at radius 2 is 1.78 bits per heavy atom. The van der Waals surface area contributed by atoms with Gasteiger partial charge in [0.1, 0.15) is 10.6 Å². The summed E-state index contributed by atoms with van der Waals surface area (Å²) >= 11 is 2.95. The van der Waals surface area contributed by atoms with Gasteiger partial charge in [-0.15, -0.1) is 11.3 Å². The summed E-state index contributed by atoms with van der Waals surface area (Å²) in [6, 6.07) is 15.6. The number of thiophene rings is 1. The maximum atomic E-state index is 13.7. The lowest BCUT2D eigenvalue weighted by Gasteiger charge is -2.12. The fourth-order valence-corrected chi connectivity index (χ4v) is 5.82. The molecule has 0 spiro atoms. The molecule has 5 aromatic rings. The number of fused-ring (bicyclic) bond motifs is 1. The second-order valence-corrected chi connectivity index (χ2v) is 10.4. The van der Waals surface area contributed by atoms with Crippen molar-refractivity contribution in [1.82, 2.24) is 19.7 Å². The Hall–Kier alpha value is -3.43. The van der Waals surface area contributed by atoms with Crippen molar-refractivity contribution in [3.8, 4) is 22.8 Å². The SMILES string of the molecule is CCOc1ccc(-c2noc(CSc3nc4sc(C)c(C)c4c(=O)n3-c3ccc(CC)cc3)n2)cc1. The van der Waals surface area contributed by atoms with Gasteiger partial charge in [0.2, 0.25) is 11.7 Å². The third kappa shape index (κ3) is 4.68. The number of aryl methyl sites for hydroxylation is 3. The van der Waals surface area contributed by atoms with Crippen molar-refractivity contribution in [2.24, 2.45) is 0 Å². The second kappa shape index (κ2) is 10.3. The lowest BCUT2D eigenvalue weighted by atomic mass is 10.1. The lowest BCUT2D eigenvalue weighted by molar-refractivity contribution is 0.340. The zero-order valence-electron chi connectivity index (χ0n) is 20.6. The average Bonchev–Trinajstić information content (AvgIpc) is 3.48. The maximum absolute atomic E-state index is 13.7. The molecule has 0 aliphatic rings. The first-order chi connectivity index (χ1) is 17.5. The van der Waals surface area contributed by atoms with Crippen LogP contribution in [0.25, 0.3) is 27.3 Å². The molecule has 0 amide bonds. The van der Waals surface area contributed by atoms with Crippen LogP contribution in [0.3, 0.4) is 0 Å². The van der Waals surface area contributed by atoms with E-state index in [9.17, 15) is 4.79 Å². The number of nitrogens with zero attached hydrogens (tertiary/aromatic N) is 4. The van der Waals surface area contributed by atoms with Gasteiger partial charge < -0.3 is 9.26 Å². The molecular formula is C27H26N4O3S2. The van der Waals surface area contributed by atoms with Crippen molar-refractivity contribution in [1.29, 1.82) is 0 Å². The highest BCUT2D eigenvalue weighted by atomic mass is 32.2. The summed E-state index contributed by atoms with van der Waals surface area (Å²) in [5.41, 5.74) is 3.77. The minimum atomic E-state index is -0.0609. The number of aromatic nitrogens is 4. The lowest BCUT2D eigenvalue weighted by Crippen LogP contribution is -2.21. The van der Waals surface area contributed by atoms with E-state index in [4.69, 9.17) is 14.2 Å². The Morgan fingerprint density at radius 3 is 2.47 bits per heavy atom. The molecule has 0 aliphatic heterocycles. The summed E-state index contributed by atoms with van der Waals surface area (Å²) < 4.78 is 12.7. The molecule has 7 nitrogen and oxygen atoms in total. The van der Waals surface area contributed by atoms with Crippen LogP contribution >= 0.6 is 23.1 Å². The van der Waals surface area contributed by atoms with Crippen LogP contribution in [0, 0.1) is 13.8 Å². The van der Waals surface area contributed by atoms with Gasteiger partial charge in [-0.1, -0.05) is 36.0 Å². The third-order valence-electron chi connectivity index (χ3n) is 5.99. The van der Waals surface area contributed by atoms with Gasteiger partial charge in [0.05, 0.1) is 23.4 Å². The van der Waals surface area contributed by atoms with Gasteiger partial charge in [0.15, 0.2) is 5.16 Å². The summed E-state index contributed by atoms with van der Waals surface area (Å²) in [6.07, 6.45) is 0.935. The number of benzene rings is 2. The minimum Gasteiger partial charge on any atom is -0.494 e. The second-order valence-electron chi connectivity index (χ2n) is 8.28. The maximum Gasteiger partial charge on any atom is 0.267 e. The predicted octanol–water partition coefficient (Wildman–Crippen LogP) is 6.37. The summed E-state index contributed by atoms with van der Waals surface area (Å²) in [7, 11) is 0. The fourth-order valence-electron chi connectivity index (χ4n) is 3.90. The first-order valence-electron chi connectivity index (χ1n) is 11.8. The van der Waals surface area contributed by atoms with E-state index in [1.807, 2.05) is 69.3 Å². The van der Waals surface area contributed by atoms with Gasteiger partial charge in [0, 0.05) is 10.4 Å². The summed E-state index contributed by atoms with van der Waals surface area (Å²) in [4.78, 5) is 24.9. The molecule has 0 aliphatic carbocycles.